The summed E-state index contributed by atoms with van der Waals surface area (Å²) in [5.74, 6) is -0.204. The highest BCUT2D eigenvalue weighted by molar-refractivity contribution is 9.10. The zero-order valence-corrected chi connectivity index (χ0v) is 20.0. The minimum atomic E-state index is -0.236. The van der Waals surface area contributed by atoms with Crippen molar-refractivity contribution in [3.8, 4) is 11.3 Å². The lowest BCUT2D eigenvalue weighted by atomic mass is 9.86. The molecule has 3 aromatic rings. The van der Waals surface area contributed by atoms with E-state index in [0.717, 1.165) is 53.6 Å². The number of thiophene rings is 1. The van der Waals surface area contributed by atoms with Gasteiger partial charge < -0.3 is 10.6 Å². The summed E-state index contributed by atoms with van der Waals surface area (Å²) in [6.07, 6.45) is 4.63. The number of hydrogen-bond acceptors (Lipinski definition) is 4. The molecule has 5 rings (SSSR count). The quantitative estimate of drug-likeness (QED) is 0.519. The van der Waals surface area contributed by atoms with E-state index in [1.54, 1.807) is 23.5 Å². The summed E-state index contributed by atoms with van der Waals surface area (Å²) in [5, 5.41) is 11.0. The van der Waals surface area contributed by atoms with E-state index < -0.39 is 0 Å². The molecule has 1 fully saturated rings. The number of carbonyl (C=O) groups excluding carboxylic acids is 1. The SMILES string of the molecule is Cl.O=C(N[C@@H]1CNCC[C@H]1c1cccc(F)c1)c1cc2c(s1)CCCn1ncc(Br)c1-2. The number of aryl methyl sites for hydroxylation is 2. The number of hydrogen-bond donors (Lipinski definition) is 2. The summed E-state index contributed by atoms with van der Waals surface area (Å²) >= 11 is 5.17. The third-order valence-corrected chi connectivity index (χ3v) is 7.71. The first kappa shape index (κ1) is 22.5. The second kappa shape index (κ2) is 9.40. The van der Waals surface area contributed by atoms with E-state index in [-0.39, 0.29) is 36.1 Å². The number of fused-ring (bicyclic) bond motifs is 3. The minimum absolute atomic E-state index is 0. The number of rotatable bonds is 3. The maximum absolute atomic E-state index is 13.8. The van der Waals surface area contributed by atoms with Crippen LogP contribution in [0.3, 0.4) is 0 Å². The fourth-order valence-corrected chi connectivity index (χ4v) is 6.12. The van der Waals surface area contributed by atoms with Gasteiger partial charge in [0.25, 0.3) is 5.91 Å². The van der Waals surface area contributed by atoms with Gasteiger partial charge in [0.15, 0.2) is 0 Å². The van der Waals surface area contributed by atoms with Gasteiger partial charge in [-0.1, -0.05) is 12.1 Å². The molecule has 1 aromatic carbocycles. The molecule has 9 heteroatoms. The first-order chi connectivity index (χ1) is 14.6. The molecular weight excluding hydrogens is 503 g/mol. The Morgan fingerprint density at radius 2 is 2.23 bits per heavy atom. The van der Waals surface area contributed by atoms with E-state index in [2.05, 4.69) is 31.7 Å². The number of nitrogens with zero attached hydrogens (tertiary/aromatic N) is 2. The van der Waals surface area contributed by atoms with E-state index in [4.69, 9.17) is 0 Å². The number of carbonyl (C=O) groups is 1. The third kappa shape index (κ3) is 4.44. The van der Waals surface area contributed by atoms with Gasteiger partial charge in [-0.25, -0.2) is 4.39 Å². The Labute approximate surface area is 199 Å². The topological polar surface area (TPSA) is 59.0 Å². The Kier molecular flexibility index (Phi) is 6.81. The molecule has 2 atom stereocenters. The van der Waals surface area contributed by atoms with Crippen LogP contribution in [-0.2, 0) is 13.0 Å². The van der Waals surface area contributed by atoms with Crippen LogP contribution in [0, 0.1) is 5.82 Å². The van der Waals surface area contributed by atoms with Crippen molar-refractivity contribution >= 4 is 45.6 Å². The Hall–Kier alpha value is -1.74. The number of nitrogens with one attached hydrogen (secondary N) is 2. The number of piperidine rings is 1. The summed E-state index contributed by atoms with van der Waals surface area (Å²) in [6, 6.07) is 8.65. The van der Waals surface area contributed by atoms with Crippen molar-refractivity contribution in [3.63, 3.8) is 0 Å². The average Bonchev–Trinajstić information content (AvgIpc) is 3.27. The molecule has 5 nitrogen and oxygen atoms in total. The van der Waals surface area contributed by atoms with Crippen molar-refractivity contribution in [1.29, 1.82) is 0 Å². The normalized spacial score (nSPS) is 20.2. The molecule has 0 radical (unpaired) electrons. The molecular formula is C22H23BrClFN4OS. The molecule has 2 aliphatic rings. The van der Waals surface area contributed by atoms with Crippen LogP contribution >= 0.6 is 39.7 Å². The number of aromatic nitrogens is 2. The summed E-state index contributed by atoms with van der Waals surface area (Å²) in [4.78, 5) is 15.1. The molecule has 2 N–H and O–H groups in total. The Morgan fingerprint density at radius 1 is 1.35 bits per heavy atom. The van der Waals surface area contributed by atoms with Gasteiger partial charge in [-0.3, -0.25) is 9.48 Å². The molecule has 4 heterocycles. The zero-order valence-electron chi connectivity index (χ0n) is 16.7. The number of benzene rings is 1. The molecule has 0 spiro atoms. The van der Waals surface area contributed by atoms with Gasteiger partial charge in [-0.05, 0) is 65.5 Å². The van der Waals surface area contributed by atoms with Crippen LogP contribution in [0.1, 0.15) is 38.9 Å². The number of halogens is 3. The van der Waals surface area contributed by atoms with E-state index in [1.165, 1.54) is 10.9 Å². The Morgan fingerprint density at radius 3 is 3.06 bits per heavy atom. The van der Waals surface area contributed by atoms with E-state index in [1.807, 2.05) is 23.0 Å². The molecule has 164 valence electrons. The lowest BCUT2D eigenvalue weighted by Crippen LogP contribution is -2.49. The molecule has 1 saturated heterocycles. The maximum Gasteiger partial charge on any atom is 0.261 e. The molecule has 1 amide bonds. The van der Waals surface area contributed by atoms with Gasteiger partial charge in [-0.2, -0.15) is 5.10 Å². The summed E-state index contributed by atoms with van der Waals surface area (Å²) in [5.41, 5.74) is 3.09. The van der Waals surface area contributed by atoms with Gasteiger partial charge in [0.1, 0.15) is 5.82 Å². The van der Waals surface area contributed by atoms with Crippen molar-refractivity contribution in [3.05, 3.63) is 62.1 Å². The largest absolute Gasteiger partial charge is 0.347 e. The van der Waals surface area contributed by atoms with Crippen LogP contribution in [-0.4, -0.2) is 34.8 Å². The standard InChI is InChI=1S/C22H22BrFN4OS.ClH/c23-17-11-26-28-8-2-5-19-16(21(17)28)10-20(30-19)22(29)27-18-12-25-7-6-15(18)13-3-1-4-14(24)9-13;/h1,3-4,9-11,15,18,25H,2,5-8,12H2,(H,27,29);1H/t15-,18+;/m0./s1. The highest BCUT2D eigenvalue weighted by atomic mass is 79.9. The van der Waals surface area contributed by atoms with Crippen molar-refractivity contribution in [2.45, 2.75) is 37.8 Å². The van der Waals surface area contributed by atoms with Crippen molar-refractivity contribution < 1.29 is 9.18 Å². The molecule has 2 aromatic heterocycles. The number of amides is 1. The first-order valence-corrected chi connectivity index (χ1v) is 11.8. The van der Waals surface area contributed by atoms with Crippen molar-refractivity contribution in [1.82, 2.24) is 20.4 Å². The monoisotopic (exact) mass is 524 g/mol. The molecule has 0 aliphatic carbocycles. The van der Waals surface area contributed by atoms with Crippen LogP contribution in [0.4, 0.5) is 4.39 Å². The highest BCUT2D eigenvalue weighted by Crippen LogP contribution is 2.39. The second-order valence-electron chi connectivity index (χ2n) is 7.85. The van der Waals surface area contributed by atoms with E-state index in [0.29, 0.717) is 11.4 Å². The molecule has 0 unspecified atom stereocenters. The van der Waals surface area contributed by atoms with Gasteiger partial charge in [0, 0.05) is 35.5 Å². The Bertz CT molecular complexity index is 1100. The predicted octanol–water partition coefficient (Wildman–Crippen LogP) is 4.76. The second-order valence-corrected chi connectivity index (χ2v) is 9.84. The molecule has 31 heavy (non-hydrogen) atoms. The maximum atomic E-state index is 13.8. The van der Waals surface area contributed by atoms with E-state index in [9.17, 15) is 9.18 Å². The molecule has 2 aliphatic heterocycles. The first-order valence-electron chi connectivity index (χ1n) is 10.2. The van der Waals surface area contributed by atoms with Crippen molar-refractivity contribution in [2.24, 2.45) is 0 Å². The molecule has 0 bridgehead atoms. The molecule has 0 saturated carbocycles. The lowest BCUT2D eigenvalue weighted by molar-refractivity contribution is 0.0928. The van der Waals surface area contributed by atoms with Crippen LogP contribution in [0.15, 0.2) is 41.0 Å². The highest BCUT2D eigenvalue weighted by Gasteiger charge is 2.30. The zero-order chi connectivity index (χ0) is 20.7. The smallest absolute Gasteiger partial charge is 0.261 e. The summed E-state index contributed by atoms with van der Waals surface area (Å²) < 4.78 is 16.7. The van der Waals surface area contributed by atoms with E-state index >= 15 is 0 Å². The summed E-state index contributed by atoms with van der Waals surface area (Å²) in [7, 11) is 0. The van der Waals surface area contributed by atoms with Crippen LogP contribution in [0.25, 0.3) is 11.3 Å². The lowest BCUT2D eigenvalue weighted by Gasteiger charge is -2.33. The van der Waals surface area contributed by atoms with Crippen LogP contribution < -0.4 is 10.6 Å². The van der Waals surface area contributed by atoms with Gasteiger partial charge in [0.2, 0.25) is 0 Å². The van der Waals surface area contributed by atoms with Crippen LogP contribution in [0.2, 0.25) is 0 Å². The van der Waals surface area contributed by atoms with Gasteiger partial charge >= 0.3 is 0 Å². The summed E-state index contributed by atoms with van der Waals surface area (Å²) in [6.45, 7) is 2.42. The van der Waals surface area contributed by atoms with Crippen molar-refractivity contribution in [2.75, 3.05) is 13.1 Å². The fourth-order valence-electron chi connectivity index (χ4n) is 4.50. The van der Waals surface area contributed by atoms with Crippen LogP contribution in [0.5, 0.6) is 0 Å². The predicted molar refractivity (Wildman–Crippen MR) is 127 cm³/mol. The minimum Gasteiger partial charge on any atom is -0.347 e. The average molecular weight is 526 g/mol. The fraction of sp³-hybridized carbons (Fsp3) is 0.364. The van der Waals surface area contributed by atoms with Gasteiger partial charge in [0.05, 0.1) is 21.2 Å². The third-order valence-electron chi connectivity index (χ3n) is 5.93. The van der Waals surface area contributed by atoms with Gasteiger partial charge in [-0.15, -0.1) is 23.7 Å². The Balaban J connectivity index is 0.00000231.